The van der Waals surface area contributed by atoms with Crippen LogP contribution in [0, 0.1) is 23.2 Å². The highest BCUT2D eigenvalue weighted by atomic mass is 16.4. The molecule has 0 radical (unpaired) electrons. The zero-order valence-corrected chi connectivity index (χ0v) is 13.4. The van der Waals surface area contributed by atoms with E-state index in [1.165, 1.54) is 16.5 Å². The largest absolute Gasteiger partial charge is 0.480 e. The van der Waals surface area contributed by atoms with Gasteiger partial charge in [-0.2, -0.15) is 5.26 Å². The van der Waals surface area contributed by atoms with Gasteiger partial charge in [0.25, 0.3) is 0 Å². The van der Waals surface area contributed by atoms with E-state index in [1.54, 1.807) is 0 Å². The van der Waals surface area contributed by atoms with E-state index in [1.807, 2.05) is 12.1 Å². The predicted molar refractivity (Wildman–Crippen MR) is 92.7 cm³/mol. The van der Waals surface area contributed by atoms with Crippen molar-refractivity contribution in [1.29, 1.82) is 5.26 Å². The van der Waals surface area contributed by atoms with E-state index in [-0.39, 0.29) is 5.92 Å². The lowest BCUT2D eigenvalue weighted by Crippen LogP contribution is -2.45. The molecule has 2 aliphatic heterocycles. The second-order valence-electron chi connectivity index (χ2n) is 7.00. The molecule has 0 spiro atoms. The monoisotopic (exact) mass is 320 g/mol. The Labute approximate surface area is 141 Å². The van der Waals surface area contributed by atoms with Crippen molar-refractivity contribution in [2.24, 2.45) is 11.8 Å². The molecule has 2 aliphatic rings. The summed E-state index contributed by atoms with van der Waals surface area (Å²) in [6.07, 6.45) is 3.78. The summed E-state index contributed by atoms with van der Waals surface area (Å²) in [4.78, 5) is 13.8. The summed E-state index contributed by atoms with van der Waals surface area (Å²) in [6, 6.07) is 17.6. The van der Waals surface area contributed by atoms with Crippen LogP contribution in [0.4, 0.5) is 5.69 Å². The highest BCUT2D eigenvalue weighted by molar-refractivity contribution is 5.86. The summed E-state index contributed by atoms with van der Waals surface area (Å²) in [5, 5.41) is 21.0. The standard InChI is InChI=1S/C20H20N2O2/c21-12-19(20(23)24)15-10-17-7-8-18(11-15)22(17)16-6-5-13-3-1-2-4-14(13)9-16/h1-6,9,15,17-19H,7-8,10-11H2,(H,23,24). The molecule has 0 aromatic heterocycles. The molecule has 4 nitrogen and oxygen atoms in total. The molecule has 0 aliphatic carbocycles. The van der Waals surface area contributed by atoms with Crippen LogP contribution in [0.2, 0.25) is 0 Å². The lowest BCUT2D eigenvalue weighted by atomic mass is 9.81. The molecule has 0 amide bonds. The second-order valence-corrected chi connectivity index (χ2v) is 7.00. The Morgan fingerprint density at radius 2 is 1.79 bits per heavy atom. The van der Waals surface area contributed by atoms with Gasteiger partial charge in [-0.05, 0) is 54.5 Å². The lowest BCUT2D eigenvalue weighted by molar-refractivity contribution is -0.141. The third-order valence-corrected chi connectivity index (χ3v) is 5.68. The maximum atomic E-state index is 11.3. The van der Waals surface area contributed by atoms with Gasteiger partial charge in [-0.25, -0.2) is 0 Å². The van der Waals surface area contributed by atoms with Crippen LogP contribution >= 0.6 is 0 Å². The number of rotatable bonds is 3. The van der Waals surface area contributed by atoms with E-state index in [4.69, 9.17) is 0 Å². The number of nitriles is 1. The highest BCUT2D eigenvalue weighted by Gasteiger charge is 2.44. The fourth-order valence-electron chi connectivity index (χ4n) is 4.61. The number of fused-ring (bicyclic) bond motifs is 3. The van der Waals surface area contributed by atoms with Gasteiger partial charge in [-0.1, -0.05) is 30.3 Å². The van der Waals surface area contributed by atoms with Crippen LogP contribution in [0.15, 0.2) is 42.5 Å². The van der Waals surface area contributed by atoms with Crippen LogP contribution < -0.4 is 4.90 Å². The molecular weight excluding hydrogens is 300 g/mol. The van der Waals surface area contributed by atoms with Gasteiger partial charge in [0.2, 0.25) is 0 Å². The molecule has 4 rings (SSSR count). The first-order valence-corrected chi connectivity index (χ1v) is 8.57. The first kappa shape index (κ1) is 15.0. The third kappa shape index (κ3) is 2.41. The molecule has 2 saturated heterocycles. The molecule has 24 heavy (non-hydrogen) atoms. The summed E-state index contributed by atoms with van der Waals surface area (Å²) >= 11 is 0. The molecule has 3 unspecified atom stereocenters. The molecule has 2 bridgehead atoms. The van der Waals surface area contributed by atoms with Crippen molar-refractivity contribution in [3.63, 3.8) is 0 Å². The van der Waals surface area contributed by atoms with Crippen LogP contribution in [-0.2, 0) is 4.79 Å². The van der Waals surface area contributed by atoms with Gasteiger partial charge in [0.05, 0.1) is 6.07 Å². The Morgan fingerprint density at radius 1 is 1.12 bits per heavy atom. The number of aliphatic carboxylic acids is 1. The van der Waals surface area contributed by atoms with E-state index < -0.39 is 11.9 Å². The highest BCUT2D eigenvalue weighted by Crippen LogP contribution is 2.44. The molecule has 4 heteroatoms. The summed E-state index contributed by atoms with van der Waals surface area (Å²) in [5.41, 5.74) is 1.23. The molecular formula is C20H20N2O2. The van der Waals surface area contributed by atoms with Crippen molar-refractivity contribution in [1.82, 2.24) is 0 Å². The van der Waals surface area contributed by atoms with Crippen LogP contribution in [0.1, 0.15) is 25.7 Å². The van der Waals surface area contributed by atoms with Gasteiger partial charge in [0.1, 0.15) is 5.92 Å². The Balaban J connectivity index is 1.62. The van der Waals surface area contributed by atoms with E-state index in [2.05, 4.69) is 41.3 Å². The van der Waals surface area contributed by atoms with Crippen molar-refractivity contribution in [2.45, 2.75) is 37.8 Å². The van der Waals surface area contributed by atoms with Crippen molar-refractivity contribution >= 4 is 22.4 Å². The van der Waals surface area contributed by atoms with Crippen molar-refractivity contribution < 1.29 is 9.90 Å². The van der Waals surface area contributed by atoms with Crippen LogP contribution in [0.25, 0.3) is 10.8 Å². The number of hydrogen-bond acceptors (Lipinski definition) is 3. The van der Waals surface area contributed by atoms with E-state index >= 15 is 0 Å². The molecule has 3 atom stereocenters. The normalized spacial score (nSPS) is 27.0. The maximum Gasteiger partial charge on any atom is 0.321 e. The van der Waals surface area contributed by atoms with Crippen molar-refractivity contribution in [3.05, 3.63) is 42.5 Å². The molecule has 2 heterocycles. The average Bonchev–Trinajstić information content (AvgIpc) is 2.85. The molecule has 122 valence electrons. The van der Waals surface area contributed by atoms with E-state index in [0.29, 0.717) is 12.1 Å². The van der Waals surface area contributed by atoms with Gasteiger partial charge >= 0.3 is 5.97 Å². The number of piperidine rings is 1. The van der Waals surface area contributed by atoms with Gasteiger partial charge in [0, 0.05) is 17.8 Å². The van der Waals surface area contributed by atoms with Crippen molar-refractivity contribution in [2.75, 3.05) is 4.90 Å². The Morgan fingerprint density at radius 3 is 2.42 bits per heavy atom. The molecule has 0 saturated carbocycles. The van der Waals surface area contributed by atoms with Gasteiger partial charge < -0.3 is 10.0 Å². The topological polar surface area (TPSA) is 64.3 Å². The minimum atomic E-state index is -0.971. The summed E-state index contributed by atoms with van der Waals surface area (Å²) in [6.45, 7) is 0. The van der Waals surface area contributed by atoms with Crippen LogP contribution in [0.5, 0.6) is 0 Å². The van der Waals surface area contributed by atoms with Gasteiger partial charge in [-0.15, -0.1) is 0 Å². The van der Waals surface area contributed by atoms with E-state index in [0.717, 1.165) is 25.7 Å². The predicted octanol–water partition coefficient (Wildman–Crippen LogP) is 3.81. The Kier molecular flexibility index (Phi) is 3.65. The lowest BCUT2D eigenvalue weighted by Gasteiger charge is -2.41. The molecule has 1 N–H and O–H groups in total. The van der Waals surface area contributed by atoms with Gasteiger partial charge in [-0.3, -0.25) is 4.79 Å². The summed E-state index contributed by atoms with van der Waals surface area (Å²) < 4.78 is 0. The SMILES string of the molecule is N#CC(C(=O)O)C1CC2CCC(C1)N2c1ccc2ccccc2c1. The Bertz CT molecular complexity index is 812. The molecule has 2 aromatic carbocycles. The number of carbonyl (C=O) groups is 1. The van der Waals surface area contributed by atoms with Crippen LogP contribution in [0.3, 0.4) is 0 Å². The third-order valence-electron chi connectivity index (χ3n) is 5.68. The van der Waals surface area contributed by atoms with Gasteiger partial charge in [0.15, 0.2) is 0 Å². The minimum absolute atomic E-state index is 0.0262. The number of anilines is 1. The summed E-state index contributed by atoms with van der Waals surface area (Å²) in [7, 11) is 0. The molecule has 2 fully saturated rings. The second kappa shape index (κ2) is 5.83. The number of nitrogens with zero attached hydrogens (tertiary/aromatic N) is 2. The number of hydrogen-bond donors (Lipinski definition) is 1. The fraction of sp³-hybridized carbons (Fsp3) is 0.400. The van der Waals surface area contributed by atoms with Crippen molar-refractivity contribution in [3.8, 4) is 6.07 Å². The first-order valence-electron chi connectivity index (χ1n) is 8.57. The summed E-state index contributed by atoms with van der Waals surface area (Å²) in [5.74, 6) is -1.87. The maximum absolute atomic E-state index is 11.3. The number of benzene rings is 2. The number of carboxylic acid groups (broad SMARTS) is 1. The Hall–Kier alpha value is -2.54. The molecule has 2 aromatic rings. The zero-order chi connectivity index (χ0) is 16.7. The average molecular weight is 320 g/mol. The fourth-order valence-corrected chi connectivity index (χ4v) is 4.61. The zero-order valence-electron chi connectivity index (χ0n) is 13.4. The quantitative estimate of drug-likeness (QED) is 0.934. The van der Waals surface area contributed by atoms with E-state index in [9.17, 15) is 15.2 Å². The first-order chi connectivity index (χ1) is 11.7. The number of carboxylic acids is 1. The smallest absolute Gasteiger partial charge is 0.321 e. The minimum Gasteiger partial charge on any atom is -0.480 e. The van der Waals surface area contributed by atoms with Crippen LogP contribution in [-0.4, -0.2) is 23.2 Å².